The van der Waals surface area contributed by atoms with E-state index in [0.717, 1.165) is 16.9 Å². The molecular weight excluding hydrogens is 262 g/mol. The number of ether oxygens (including phenoxy) is 1. The largest absolute Gasteiger partial charge is 0.384 e. The lowest BCUT2D eigenvalue weighted by Gasteiger charge is -1.96. The number of carbonyl (C=O) groups is 2. The first-order chi connectivity index (χ1) is 8.15. The fraction of sp³-hybridized carbons (Fsp3) is 0. The van der Waals surface area contributed by atoms with E-state index >= 15 is 0 Å². The van der Waals surface area contributed by atoms with Crippen LogP contribution in [0.25, 0.3) is 10.6 Å². The van der Waals surface area contributed by atoms with Crippen molar-refractivity contribution < 1.29 is 14.3 Å². The van der Waals surface area contributed by atoms with E-state index in [-0.39, 0.29) is 10.6 Å². The van der Waals surface area contributed by atoms with Gasteiger partial charge in [0.2, 0.25) is 0 Å². The van der Waals surface area contributed by atoms with Crippen LogP contribution in [0.2, 0.25) is 5.02 Å². The smallest absolute Gasteiger partial charge is 0.366 e. The van der Waals surface area contributed by atoms with Gasteiger partial charge >= 0.3 is 11.9 Å². The van der Waals surface area contributed by atoms with Crippen molar-refractivity contribution in [2.75, 3.05) is 0 Å². The summed E-state index contributed by atoms with van der Waals surface area (Å²) in [6.45, 7) is 0. The van der Waals surface area contributed by atoms with Crippen molar-refractivity contribution in [1.82, 2.24) is 4.98 Å². The van der Waals surface area contributed by atoms with Crippen LogP contribution in [-0.4, -0.2) is 16.9 Å². The maximum atomic E-state index is 11.3. The summed E-state index contributed by atoms with van der Waals surface area (Å²) in [7, 11) is 0. The lowest BCUT2D eigenvalue weighted by Crippen LogP contribution is -1.99. The van der Waals surface area contributed by atoms with Gasteiger partial charge in [-0.2, -0.15) is 0 Å². The molecule has 1 aliphatic heterocycles. The number of carbonyl (C=O) groups excluding carboxylic acids is 2. The van der Waals surface area contributed by atoms with Crippen LogP contribution in [0.15, 0.2) is 24.3 Å². The van der Waals surface area contributed by atoms with Gasteiger partial charge in [0.1, 0.15) is 9.88 Å². The Bertz CT molecular complexity index is 618. The Hall–Kier alpha value is -1.72. The molecule has 0 radical (unpaired) electrons. The lowest BCUT2D eigenvalue weighted by molar-refractivity contribution is 0.0443. The molecular formula is C11H4ClNO3S. The molecule has 0 bridgehead atoms. The Morgan fingerprint density at radius 1 is 1.24 bits per heavy atom. The molecule has 84 valence electrons. The number of hydrogen-bond acceptors (Lipinski definition) is 5. The van der Waals surface area contributed by atoms with E-state index in [1.54, 1.807) is 18.2 Å². The third kappa shape index (κ3) is 1.64. The average molecular weight is 266 g/mol. The minimum Gasteiger partial charge on any atom is -0.384 e. The van der Waals surface area contributed by atoms with Crippen molar-refractivity contribution in [3.05, 3.63) is 39.9 Å². The Labute approximate surface area is 105 Å². The molecule has 0 aliphatic carbocycles. The van der Waals surface area contributed by atoms with Crippen LogP contribution in [-0.2, 0) is 4.74 Å². The van der Waals surface area contributed by atoms with Gasteiger partial charge in [-0.25, -0.2) is 14.6 Å². The van der Waals surface area contributed by atoms with Crippen molar-refractivity contribution in [1.29, 1.82) is 0 Å². The number of hydrogen-bond donors (Lipinski definition) is 0. The van der Waals surface area contributed by atoms with Crippen LogP contribution >= 0.6 is 22.9 Å². The van der Waals surface area contributed by atoms with Gasteiger partial charge in [0, 0.05) is 10.6 Å². The number of cyclic esters (lactones) is 2. The second-order valence-electron chi connectivity index (χ2n) is 3.38. The van der Waals surface area contributed by atoms with Crippen LogP contribution in [0.5, 0.6) is 0 Å². The average Bonchev–Trinajstić information content (AvgIpc) is 2.82. The summed E-state index contributed by atoms with van der Waals surface area (Å²) < 4.78 is 4.43. The lowest BCUT2D eigenvalue weighted by atomic mass is 10.2. The molecule has 0 fully saturated rings. The third-order valence-corrected chi connectivity index (χ3v) is 3.58. The predicted molar refractivity (Wildman–Crippen MR) is 62.3 cm³/mol. The highest BCUT2D eigenvalue weighted by Gasteiger charge is 2.34. The molecule has 1 aromatic carbocycles. The fourth-order valence-corrected chi connectivity index (χ4v) is 2.64. The summed E-state index contributed by atoms with van der Waals surface area (Å²) in [5.41, 5.74) is 0.868. The summed E-state index contributed by atoms with van der Waals surface area (Å²) in [5, 5.41) is 1.16. The van der Waals surface area contributed by atoms with Crippen molar-refractivity contribution in [3.63, 3.8) is 0 Å². The molecule has 0 unspecified atom stereocenters. The Balaban J connectivity index is 2.13. The summed E-state index contributed by atoms with van der Waals surface area (Å²) >= 11 is 7.00. The van der Waals surface area contributed by atoms with Gasteiger partial charge in [0.05, 0.1) is 0 Å². The number of halogens is 1. The van der Waals surface area contributed by atoms with Gasteiger partial charge in [0.25, 0.3) is 0 Å². The normalized spacial score (nSPS) is 13.7. The molecule has 0 saturated carbocycles. The molecule has 0 N–H and O–H groups in total. The SMILES string of the molecule is O=C1OC(=O)c2sc(-c3cccc(Cl)c3)nc21. The van der Waals surface area contributed by atoms with Gasteiger partial charge in [-0.1, -0.05) is 23.7 Å². The maximum absolute atomic E-state index is 11.3. The van der Waals surface area contributed by atoms with Crippen LogP contribution in [0, 0.1) is 0 Å². The van der Waals surface area contributed by atoms with E-state index in [4.69, 9.17) is 11.6 Å². The molecule has 3 rings (SSSR count). The maximum Gasteiger partial charge on any atom is 0.366 e. The molecule has 2 aromatic rings. The van der Waals surface area contributed by atoms with Gasteiger partial charge in [0.15, 0.2) is 5.69 Å². The molecule has 0 amide bonds. The highest BCUT2D eigenvalue weighted by atomic mass is 35.5. The Morgan fingerprint density at radius 3 is 2.76 bits per heavy atom. The van der Waals surface area contributed by atoms with Crippen molar-refractivity contribution >= 4 is 34.9 Å². The molecule has 0 spiro atoms. The number of rotatable bonds is 1. The zero-order chi connectivity index (χ0) is 12.0. The van der Waals surface area contributed by atoms with E-state index in [1.165, 1.54) is 0 Å². The Kier molecular flexibility index (Phi) is 2.24. The molecule has 2 heterocycles. The highest BCUT2D eigenvalue weighted by Crippen LogP contribution is 2.33. The van der Waals surface area contributed by atoms with Crippen molar-refractivity contribution in [2.24, 2.45) is 0 Å². The monoisotopic (exact) mass is 265 g/mol. The quantitative estimate of drug-likeness (QED) is 0.588. The first-order valence-corrected chi connectivity index (χ1v) is 5.88. The summed E-state index contributed by atoms with van der Waals surface area (Å²) in [6, 6.07) is 7.07. The van der Waals surface area contributed by atoms with Crippen molar-refractivity contribution in [3.8, 4) is 10.6 Å². The topological polar surface area (TPSA) is 56.3 Å². The predicted octanol–water partition coefficient (Wildman–Crippen LogP) is 2.77. The number of nitrogens with zero attached hydrogens (tertiary/aromatic N) is 1. The zero-order valence-electron chi connectivity index (χ0n) is 8.27. The number of aromatic nitrogens is 1. The molecule has 4 nitrogen and oxygen atoms in total. The first-order valence-electron chi connectivity index (χ1n) is 4.68. The van der Waals surface area contributed by atoms with E-state index in [1.807, 2.05) is 6.07 Å². The standard InChI is InChI=1S/C11H4ClNO3S/c12-6-3-1-2-5(4-6)9-13-7-8(17-9)11(15)16-10(7)14/h1-4H. The summed E-state index contributed by atoms with van der Waals surface area (Å²) in [4.78, 5) is 26.9. The van der Waals surface area contributed by atoms with Gasteiger partial charge in [-0.05, 0) is 12.1 Å². The third-order valence-electron chi connectivity index (χ3n) is 2.26. The van der Waals surface area contributed by atoms with Gasteiger partial charge in [-0.3, -0.25) is 0 Å². The van der Waals surface area contributed by atoms with Crippen LogP contribution < -0.4 is 0 Å². The van der Waals surface area contributed by atoms with E-state index < -0.39 is 11.9 Å². The summed E-state index contributed by atoms with van der Waals surface area (Å²) in [6.07, 6.45) is 0. The fourth-order valence-electron chi connectivity index (χ4n) is 1.52. The van der Waals surface area contributed by atoms with E-state index in [2.05, 4.69) is 9.72 Å². The molecule has 0 atom stereocenters. The molecule has 0 saturated heterocycles. The number of benzene rings is 1. The second-order valence-corrected chi connectivity index (χ2v) is 4.82. The number of thiazole rings is 1. The molecule has 1 aliphatic rings. The Morgan fingerprint density at radius 2 is 2.06 bits per heavy atom. The van der Waals surface area contributed by atoms with E-state index in [0.29, 0.717) is 10.0 Å². The molecule has 17 heavy (non-hydrogen) atoms. The van der Waals surface area contributed by atoms with Crippen LogP contribution in [0.3, 0.4) is 0 Å². The molecule has 1 aromatic heterocycles. The minimum absolute atomic E-state index is 0.0926. The van der Waals surface area contributed by atoms with Crippen LogP contribution in [0.1, 0.15) is 20.2 Å². The van der Waals surface area contributed by atoms with Gasteiger partial charge in [-0.15, -0.1) is 11.3 Å². The summed E-state index contributed by atoms with van der Waals surface area (Å²) in [5.74, 6) is -1.31. The number of fused-ring (bicyclic) bond motifs is 1. The minimum atomic E-state index is -0.686. The molecule has 6 heteroatoms. The van der Waals surface area contributed by atoms with E-state index in [9.17, 15) is 9.59 Å². The highest BCUT2D eigenvalue weighted by molar-refractivity contribution is 7.17. The van der Waals surface area contributed by atoms with Crippen molar-refractivity contribution in [2.45, 2.75) is 0 Å². The van der Waals surface area contributed by atoms with Crippen LogP contribution in [0.4, 0.5) is 0 Å². The zero-order valence-corrected chi connectivity index (χ0v) is 9.84. The number of esters is 2. The van der Waals surface area contributed by atoms with Gasteiger partial charge < -0.3 is 4.74 Å². The second kappa shape index (κ2) is 3.65. The first kappa shape index (κ1) is 10.4.